The average Bonchev–Trinajstić information content (AvgIpc) is 2.91. The monoisotopic (exact) mass is 528 g/mol. The molecule has 1 saturated heterocycles. The Kier molecular flexibility index (Phi) is 8.87. The van der Waals surface area contributed by atoms with E-state index < -0.39 is 23.5 Å². The summed E-state index contributed by atoms with van der Waals surface area (Å²) in [7, 11) is 1.34. The van der Waals surface area contributed by atoms with Gasteiger partial charge in [-0.05, 0) is 47.5 Å². The molecule has 194 valence electrons. The zero-order valence-electron chi connectivity index (χ0n) is 20.3. The van der Waals surface area contributed by atoms with Crippen LogP contribution in [-0.2, 0) is 16.1 Å². The summed E-state index contributed by atoms with van der Waals surface area (Å²) in [6.45, 7) is 2.90. The van der Waals surface area contributed by atoms with E-state index in [1.807, 2.05) is 36.4 Å². The van der Waals surface area contributed by atoms with Crippen LogP contribution in [0.25, 0.3) is 0 Å². The Labute approximate surface area is 219 Å². The smallest absolute Gasteiger partial charge is 0.337 e. The quantitative estimate of drug-likeness (QED) is 0.380. The van der Waals surface area contributed by atoms with Crippen LogP contribution in [0, 0.1) is 11.6 Å². The molecule has 1 fully saturated rings. The van der Waals surface area contributed by atoms with Crippen molar-refractivity contribution in [2.24, 2.45) is 0 Å². The predicted molar refractivity (Wildman–Crippen MR) is 135 cm³/mol. The van der Waals surface area contributed by atoms with E-state index in [-0.39, 0.29) is 11.7 Å². The van der Waals surface area contributed by atoms with Crippen molar-refractivity contribution >= 4 is 23.5 Å². The molecule has 0 bridgehead atoms. The van der Waals surface area contributed by atoms with Gasteiger partial charge in [0, 0.05) is 43.8 Å². The maximum absolute atomic E-state index is 14.1. The number of amides is 1. The summed E-state index contributed by atoms with van der Waals surface area (Å²) in [5.41, 5.74) is 2.20. The number of benzene rings is 3. The first kappa shape index (κ1) is 26.7. The Bertz CT molecular complexity index is 1230. The first-order valence-corrected chi connectivity index (χ1v) is 12.2. The molecule has 9 heteroatoms. The lowest BCUT2D eigenvalue weighted by Crippen LogP contribution is -2.49. The zero-order chi connectivity index (χ0) is 26.4. The topological polar surface area (TPSA) is 59.1 Å². The van der Waals surface area contributed by atoms with Crippen molar-refractivity contribution in [2.45, 2.75) is 12.7 Å². The number of rotatable bonds is 8. The Hall–Kier alpha value is -3.33. The van der Waals surface area contributed by atoms with Gasteiger partial charge >= 0.3 is 5.97 Å². The first-order chi connectivity index (χ1) is 17.8. The van der Waals surface area contributed by atoms with Crippen molar-refractivity contribution < 1.29 is 27.8 Å². The molecule has 1 aliphatic heterocycles. The fraction of sp³-hybridized carbons (Fsp3) is 0.286. The van der Waals surface area contributed by atoms with Crippen molar-refractivity contribution in [3.63, 3.8) is 0 Å². The molecule has 1 unspecified atom stereocenters. The van der Waals surface area contributed by atoms with Crippen LogP contribution in [0.2, 0.25) is 5.02 Å². The third kappa shape index (κ3) is 6.91. The normalized spacial score (nSPS) is 14.9. The molecule has 1 amide bonds. The van der Waals surface area contributed by atoms with Crippen LogP contribution in [0.15, 0.2) is 66.7 Å². The number of piperazine rings is 1. The van der Waals surface area contributed by atoms with Crippen LogP contribution in [0.3, 0.4) is 0 Å². The van der Waals surface area contributed by atoms with Gasteiger partial charge in [0.25, 0.3) is 5.91 Å². The number of halogens is 3. The SMILES string of the molecule is COC(=O)c1ccc(COC(CN2CCN(C(=O)c3ccc(F)cc3F)CC2)c2ccc(Cl)cc2)cc1. The van der Waals surface area contributed by atoms with Crippen LogP contribution in [0.5, 0.6) is 0 Å². The van der Waals surface area contributed by atoms with E-state index in [9.17, 15) is 18.4 Å². The van der Waals surface area contributed by atoms with Gasteiger partial charge in [0.2, 0.25) is 0 Å². The highest BCUT2D eigenvalue weighted by atomic mass is 35.5. The maximum atomic E-state index is 14.1. The molecule has 3 aromatic rings. The Morgan fingerprint density at radius 1 is 0.946 bits per heavy atom. The fourth-order valence-corrected chi connectivity index (χ4v) is 4.31. The van der Waals surface area contributed by atoms with E-state index in [4.69, 9.17) is 21.1 Å². The number of ether oxygens (including phenoxy) is 2. The summed E-state index contributed by atoms with van der Waals surface area (Å²) in [6, 6.07) is 17.5. The summed E-state index contributed by atoms with van der Waals surface area (Å²) in [6.07, 6.45) is -0.269. The maximum Gasteiger partial charge on any atom is 0.337 e. The van der Waals surface area contributed by atoms with Crippen molar-refractivity contribution in [1.82, 2.24) is 9.80 Å². The highest BCUT2D eigenvalue weighted by molar-refractivity contribution is 6.30. The molecule has 1 atom stereocenters. The lowest BCUT2D eigenvalue weighted by Gasteiger charge is -2.36. The van der Waals surface area contributed by atoms with Crippen LogP contribution in [0.1, 0.15) is 37.9 Å². The van der Waals surface area contributed by atoms with Gasteiger partial charge < -0.3 is 14.4 Å². The van der Waals surface area contributed by atoms with Crippen molar-refractivity contribution in [3.8, 4) is 0 Å². The fourth-order valence-electron chi connectivity index (χ4n) is 4.18. The highest BCUT2D eigenvalue weighted by Gasteiger charge is 2.26. The van der Waals surface area contributed by atoms with E-state index in [1.54, 1.807) is 17.0 Å². The minimum absolute atomic E-state index is 0.129. The first-order valence-electron chi connectivity index (χ1n) is 11.8. The van der Waals surface area contributed by atoms with Gasteiger partial charge in [0.15, 0.2) is 0 Å². The Morgan fingerprint density at radius 2 is 1.62 bits per heavy atom. The minimum atomic E-state index is -0.858. The van der Waals surface area contributed by atoms with Gasteiger partial charge in [-0.3, -0.25) is 9.69 Å². The van der Waals surface area contributed by atoms with Gasteiger partial charge in [-0.25, -0.2) is 13.6 Å². The zero-order valence-corrected chi connectivity index (χ0v) is 21.1. The van der Waals surface area contributed by atoms with Crippen molar-refractivity contribution in [2.75, 3.05) is 39.8 Å². The second-order valence-corrected chi connectivity index (χ2v) is 9.19. The Morgan fingerprint density at radius 3 is 2.24 bits per heavy atom. The predicted octanol–water partition coefficient (Wildman–Crippen LogP) is 5.12. The molecule has 1 heterocycles. The highest BCUT2D eigenvalue weighted by Crippen LogP contribution is 2.24. The van der Waals surface area contributed by atoms with E-state index >= 15 is 0 Å². The summed E-state index contributed by atoms with van der Waals surface area (Å²) < 4.78 is 38.3. The number of carbonyl (C=O) groups is 2. The molecule has 0 spiro atoms. The summed E-state index contributed by atoms with van der Waals surface area (Å²) >= 11 is 6.08. The molecule has 4 rings (SSSR count). The van der Waals surface area contributed by atoms with Crippen molar-refractivity contribution in [1.29, 1.82) is 0 Å². The molecule has 6 nitrogen and oxygen atoms in total. The van der Waals surface area contributed by atoms with Crippen LogP contribution >= 0.6 is 11.6 Å². The molecule has 1 aliphatic rings. The van der Waals surface area contributed by atoms with Crippen LogP contribution < -0.4 is 0 Å². The number of methoxy groups -OCH3 is 1. The van der Waals surface area contributed by atoms with E-state index in [2.05, 4.69) is 4.90 Å². The molecule has 3 aromatic carbocycles. The van der Waals surface area contributed by atoms with Gasteiger partial charge in [-0.2, -0.15) is 0 Å². The van der Waals surface area contributed by atoms with Crippen LogP contribution in [-0.4, -0.2) is 61.5 Å². The lowest BCUT2D eigenvalue weighted by molar-refractivity contribution is 0.00336. The van der Waals surface area contributed by atoms with Crippen molar-refractivity contribution in [3.05, 3.63) is 106 Å². The molecule has 37 heavy (non-hydrogen) atoms. The van der Waals surface area contributed by atoms with E-state index in [0.717, 1.165) is 23.3 Å². The molecule has 0 aliphatic carbocycles. The number of hydrogen-bond acceptors (Lipinski definition) is 5. The summed E-state index contributed by atoms with van der Waals surface area (Å²) in [4.78, 5) is 28.2. The molecule has 0 aromatic heterocycles. The number of esters is 1. The molecular formula is C28H27ClF2N2O4. The Balaban J connectivity index is 1.39. The van der Waals surface area contributed by atoms with Crippen LogP contribution in [0.4, 0.5) is 8.78 Å². The number of hydrogen-bond donors (Lipinski definition) is 0. The summed E-state index contributed by atoms with van der Waals surface area (Å²) in [5, 5.41) is 0.626. The van der Waals surface area contributed by atoms with Gasteiger partial charge in [-0.15, -0.1) is 0 Å². The second kappa shape index (κ2) is 12.3. The average molecular weight is 529 g/mol. The van der Waals surface area contributed by atoms with Gasteiger partial charge in [0.05, 0.1) is 30.9 Å². The third-order valence-electron chi connectivity index (χ3n) is 6.31. The van der Waals surface area contributed by atoms with E-state index in [1.165, 1.54) is 13.2 Å². The number of carbonyl (C=O) groups excluding carboxylic acids is 2. The summed E-state index contributed by atoms with van der Waals surface area (Å²) in [5.74, 6) is -2.42. The molecular weight excluding hydrogens is 502 g/mol. The second-order valence-electron chi connectivity index (χ2n) is 8.76. The number of nitrogens with zero attached hydrogens (tertiary/aromatic N) is 2. The third-order valence-corrected chi connectivity index (χ3v) is 6.57. The molecule has 0 radical (unpaired) electrons. The standard InChI is InChI=1S/C28H27ClF2N2O4/c1-36-28(35)21-4-2-19(3-5-21)18-37-26(20-6-8-22(29)9-7-20)17-32-12-14-33(15-13-32)27(34)24-11-10-23(30)16-25(24)31/h2-11,16,26H,12-15,17-18H2,1H3. The van der Waals surface area contributed by atoms with E-state index in [0.29, 0.717) is 49.9 Å². The lowest BCUT2D eigenvalue weighted by atomic mass is 10.1. The molecule has 0 saturated carbocycles. The minimum Gasteiger partial charge on any atom is -0.465 e. The largest absolute Gasteiger partial charge is 0.465 e. The van der Waals surface area contributed by atoms with Gasteiger partial charge in [-0.1, -0.05) is 35.9 Å². The van der Waals surface area contributed by atoms with Gasteiger partial charge in [0.1, 0.15) is 11.6 Å². The molecule has 0 N–H and O–H groups in total.